The van der Waals surface area contributed by atoms with E-state index >= 15 is 0 Å². The highest BCUT2D eigenvalue weighted by molar-refractivity contribution is 5.14. The predicted octanol–water partition coefficient (Wildman–Crippen LogP) is 5.10. The molecular formula is C19H34O2. The molecule has 0 amide bonds. The average molecular weight is 294 g/mol. The highest BCUT2D eigenvalue weighted by Crippen LogP contribution is 2.62. The molecule has 122 valence electrons. The molecule has 1 heterocycles. The Morgan fingerprint density at radius 1 is 1.05 bits per heavy atom. The van der Waals surface area contributed by atoms with Crippen molar-refractivity contribution in [3.05, 3.63) is 0 Å². The Morgan fingerprint density at radius 3 is 2.57 bits per heavy atom. The molecule has 5 atom stereocenters. The lowest BCUT2D eigenvalue weighted by Gasteiger charge is -2.47. The summed E-state index contributed by atoms with van der Waals surface area (Å²) in [5, 5.41) is 0. The van der Waals surface area contributed by atoms with Gasteiger partial charge in [-0.05, 0) is 32.1 Å². The summed E-state index contributed by atoms with van der Waals surface area (Å²) in [7, 11) is 0. The SMILES string of the molecule is CCCCCCCCCOC1CC2(CC)CCC1C1OC12. The average Bonchev–Trinajstić information content (AvgIpc) is 3.33. The molecule has 2 heteroatoms. The molecule has 0 spiro atoms. The van der Waals surface area contributed by atoms with Gasteiger partial charge >= 0.3 is 0 Å². The normalized spacial score (nSPS) is 40.3. The number of rotatable bonds is 10. The Labute approximate surface area is 131 Å². The molecule has 4 rings (SSSR count). The quantitative estimate of drug-likeness (QED) is 0.413. The molecule has 5 unspecified atom stereocenters. The molecule has 1 aliphatic heterocycles. The van der Waals surface area contributed by atoms with Crippen molar-refractivity contribution in [2.75, 3.05) is 6.61 Å². The van der Waals surface area contributed by atoms with Gasteiger partial charge in [-0.2, -0.15) is 0 Å². The zero-order valence-corrected chi connectivity index (χ0v) is 14.1. The second-order valence-corrected chi connectivity index (χ2v) is 7.67. The first-order chi connectivity index (χ1) is 10.3. The van der Waals surface area contributed by atoms with E-state index in [2.05, 4.69) is 13.8 Å². The summed E-state index contributed by atoms with van der Waals surface area (Å²) in [5.41, 5.74) is 0.476. The fraction of sp³-hybridized carbons (Fsp3) is 1.00. The van der Waals surface area contributed by atoms with E-state index < -0.39 is 0 Å². The zero-order valence-electron chi connectivity index (χ0n) is 14.1. The molecule has 4 aliphatic rings. The molecule has 2 nitrogen and oxygen atoms in total. The van der Waals surface area contributed by atoms with Crippen LogP contribution in [0.5, 0.6) is 0 Å². The standard InChI is InChI=1S/C19H34O2/c1-3-5-6-7-8-9-10-13-20-16-14-19(4-2)12-11-15(16)17-18(19)21-17/h15-18H,3-14H2,1-2H3. The number of fused-ring (bicyclic) bond motifs is 2. The molecular weight excluding hydrogens is 260 g/mol. The van der Waals surface area contributed by atoms with Crippen LogP contribution in [0.1, 0.15) is 84.5 Å². The summed E-state index contributed by atoms with van der Waals surface area (Å²) >= 11 is 0. The van der Waals surface area contributed by atoms with E-state index in [1.807, 2.05) is 0 Å². The van der Waals surface area contributed by atoms with Crippen molar-refractivity contribution < 1.29 is 9.47 Å². The van der Waals surface area contributed by atoms with E-state index in [1.54, 1.807) is 0 Å². The van der Waals surface area contributed by atoms with Crippen LogP contribution < -0.4 is 0 Å². The smallest absolute Gasteiger partial charge is 0.0902 e. The Hall–Kier alpha value is -0.0800. The highest BCUT2D eigenvalue weighted by atomic mass is 16.6. The van der Waals surface area contributed by atoms with Crippen LogP contribution in [0.4, 0.5) is 0 Å². The molecule has 3 aliphatic carbocycles. The number of hydrogen-bond donors (Lipinski definition) is 0. The molecule has 0 N–H and O–H groups in total. The lowest BCUT2D eigenvalue weighted by Crippen LogP contribution is -2.49. The van der Waals surface area contributed by atoms with Crippen LogP contribution in [0.15, 0.2) is 0 Å². The Balaban J connectivity index is 1.32. The van der Waals surface area contributed by atoms with Gasteiger partial charge in [0.25, 0.3) is 0 Å². The van der Waals surface area contributed by atoms with E-state index in [4.69, 9.17) is 9.47 Å². The molecule has 21 heavy (non-hydrogen) atoms. The third-order valence-corrected chi connectivity index (χ3v) is 6.40. The molecule has 0 aromatic heterocycles. The maximum Gasteiger partial charge on any atom is 0.0902 e. The van der Waals surface area contributed by atoms with Gasteiger partial charge in [0.2, 0.25) is 0 Å². The second-order valence-electron chi connectivity index (χ2n) is 7.67. The van der Waals surface area contributed by atoms with Gasteiger partial charge in [-0.3, -0.25) is 0 Å². The fourth-order valence-electron chi connectivity index (χ4n) is 4.87. The summed E-state index contributed by atoms with van der Waals surface area (Å²) in [6.07, 6.45) is 16.5. The third kappa shape index (κ3) is 3.32. The van der Waals surface area contributed by atoms with Crippen LogP contribution in [0, 0.1) is 11.3 Å². The number of unbranched alkanes of at least 4 members (excludes halogenated alkanes) is 6. The Morgan fingerprint density at radius 2 is 1.81 bits per heavy atom. The van der Waals surface area contributed by atoms with Crippen molar-refractivity contribution >= 4 is 0 Å². The zero-order chi connectivity index (χ0) is 14.7. The molecule has 3 saturated carbocycles. The van der Waals surface area contributed by atoms with Gasteiger partial charge < -0.3 is 9.47 Å². The first kappa shape index (κ1) is 15.8. The van der Waals surface area contributed by atoms with E-state index in [9.17, 15) is 0 Å². The Bertz CT molecular complexity index is 330. The molecule has 0 aromatic carbocycles. The van der Waals surface area contributed by atoms with Gasteiger partial charge in [0, 0.05) is 17.9 Å². The van der Waals surface area contributed by atoms with Gasteiger partial charge in [-0.25, -0.2) is 0 Å². The van der Waals surface area contributed by atoms with Crippen molar-refractivity contribution in [2.45, 2.75) is 103 Å². The van der Waals surface area contributed by atoms with Crippen molar-refractivity contribution in [1.82, 2.24) is 0 Å². The van der Waals surface area contributed by atoms with Gasteiger partial charge in [-0.15, -0.1) is 0 Å². The van der Waals surface area contributed by atoms with Crippen molar-refractivity contribution in [3.8, 4) is 0 Å². The number of ether oxygens (including phenoxy) is 2. The maximum atomic E-state index is 6.29. The highest BCUT2D eigenvalue weighted by Gasteiger charge is 2.66. The maximum absolute atomic E-state index is 6.29. The minimum Gasteiger partial charge on any atom is -0.378 e. The first-order valence-electron chi connectivity index (χ1n) is 9.58. The van der Waals surface area contributed by atoms with E-state index in [0.717, 1.165) is 6.61 Å². The number of hydrogen-bond acceptors (Lipinski definition) is 2. The lowest BCUT2D eigenvalue weighted by molar-refractivity contribution is -0.0763. The molecule has 0 radical (unpaired) electrons. The van der Waals surface area contributed by atoms with Crippen molar-refractivity contribution in [2.24, 2.45) is 11.3 Å². The number of epoxide rings is 1. The molecule has 4 fully saturated rings. The van der Waals surface area contributed by atoms with E-state index in [0.29, 0.717) is 29.6 Å². The summed E-state index contributed by atoms with van der Waals surface area (Å²) in [4.78, 5) is 0. The minimum atomic E-state index is 0.476. The topological polar surface area (TPSA) is 21.8 Å². The third-order valence-electron chi connectivity index (χ3n) is 6.40. The fourth-order valence-corrected chi connectivity index (χ4v) is 4.87. The van der Waals surface area contributed by atoms with Crippen molar-refractivity contribution in [1.29, 1.82) is 0 Å². The van der Waals surface area contributed by atoms with Crippen LogP contribution in [0.2, 0.25) is 0 Å². The molecule has 1 saturated heterocycles. The molecule has 2 bridgehead atoms. The van der Waals surface area contributed by atoms with E-state index in [-0.39, 0.29) is 0 Å². The Kier molecular flexibility index (Phi) is 5.27. The summed E-state index contributed by atoms with van der Waals surface area (Å²) in [5.74, 6) is 0.716. The monoisotopic (exact) mass is 294 g/mol. The van der Waals surface area contributed by atoms with Crippen LogP contribution in [0.3, 0.4) is 0 Å². The first-order valence-corrected chi connectivity index (χ1v) is 9.58. The van der Waals surface area contributed by atoms with Gasteiger partial charge in [0.05, 0.1) is 18.3 Å². The van der Waals surface area contributed by atoms with Crippen LogP contribution in [-0.4, -0.2) is 24.9 Å². The van der Waals surface area contributed by atoms with Gasteiger partial charge in [0.1, 0.15) is 0 Å². The van der Waals surface area contributed by atoms with Gasteiger partial charge in [0.15, 0.2) is 0 Å². The predicted molar refractivity (Wildman–Crippen MR) is 86.5 cm³/mol. The minimum absolute atomic E-state index is 0.476. The largest absolute Gasteiger partial charge is 0.378 e. The van der Waals surface area contributed by atoms with Gasteiger partial charge in [-0.1, -0.05) is 52.4 Å². The second kappa shape index (κ2) is 7.00. The molecule has 0 aromatic rings. The van der Waals surface area contributed by atoms with E-state index in [1.165, 1.54) is 70.6 Å². The van der Waals surface area contributed by atoms with Crippen LogP contribution in [0.25, 0.3) is 0 Å². The van der Waals surface area contributed by atoms with Crippen LogP contribution in [-0.2, 0) is 9.47 Å². The van der Waals surface area contributed by atoms with Crippen molar-refractivity contribution in [3.63, 3.8) is 0 Å². The summed E-state index contributed by atoms with van der Waals surface area (Å²) < 4.78 is 12.3. The van der Waals surface area contributed by atoms with Crippen LogP contribution >= 0.6 is 0 Å². The summed E-state index contributed by atoms with van der Waals surface area (Å²) in [6, 6.07) is 0. The summed E-state index contributed by atoms with van der Waals surface area (Å²) in [6.45, 7) is 5.60. The lowest BCUT2D eigenvalue weighted by atomic mass is 9.58.